The zero-order valence-corrected chi connectivity index (χ0v) is 51.0. The van der Waals surface area contributed by atoms with Gasteiger partial charge in [0, 0.05) is 64.2 Å². The molecule has 5 heterocycles. The van der Waals surface area contributed by atoms with E-state index < -0.39 is 206 Å². The number of amides is 5. The van der Waals surface area contributed by atoms with Gasteiger partial charge in [0.2, 0.25) is 17.7 Å². The zero-order chi connectivity index (χ0) is 65.0. The molecule has 5 amide bonds. The predicted octanol–water partition coefficient (Wildman–Crippen LogP) is 0.291. The maximum atomic E-state index is 14.0. The second-order valence-corrected chi connectivity index (χ2v) is 23.7. The lowest BCUT2D eigenvalue weighted by Crippen LogP contribution is -2.71. The van der Waals surface area contributed by atoms with E-state index in [1.54, 1.807) is 71.9 Å². The van der Waals surface area contributed by atoms with Gasteiger partial charge in [-0.25, -0.2) is 9.59 Å². The van der Waals surface area contributed by atoms with Gasteiger partial charge in [-0.05, 0) is 37.8 Å². The van der Waals surface area contributed by atoms with Crippen molar-refractivity contribution >= 4 is 53.4 Å². The standard InChI is InChI=1S/C58H83N5O25/c1-22-23(2)44(79-32(11)67)55(80-36(22)20-76-31(10)66)77-21-37-42(27(6)39(62-30(9)65)54(81-37)86-46-47(88-57(60)74)58(12,75)48(49(59)70)87-52(46)73)84-53-38(61-29(8)64)26(5)41(28(7)78-53)83-56-45(82-51(72)33-16-14-13-15-17-33)25(4)24(3)43(85-56)50(71)63-40-34(68)18-19-35(40)69/h13-17,22-28,36-39,41-48,52-56,68,73,75H,18-21H2,1-12H3,(H2,59,70)(H2,60,74)(H,61,64)(H,62,65)(H,63,71)/t22-,23-,24+,25-,26+,27+,28?,36?,37?,38?,39?,41-,42-,43?,44?,45?,46?,47+,48?,52?,53-,54-,55+,56+,58-/m0/s1. The smallest absolute Gasteiger partial charge is 0.404 e. The van der Waals surface area contributed by atoms with Crippen molar-refractivity contribution in [1.82, 2.24) is 16.0 Å². The summed E-state index contributed by atoms with van der Waals surface area (Å²) >= 11 is 0. The molecule has 1 aromatic carbocycles. The van der Waals surface area contributed by atoms with Gasteiger partial charge in [-0.1, -0.05) is 59.7 Å². The fourth-order valence-electron chi connectivity index (χ4n) is 12.1. The largest absolute Gasteiger partial charge is 0.510 e. The highest BCUT2D eigenvalue weighted by Gasteiger charge is 2.60. The summed E-state index contributed by atoms with van der Waals surface area (Å²) in [7, 11) is 0. The van der Waals surface area contributed by atoms with Crippen LogP contribution in [0.2, 0.25) is 0 Å². The minimum absolute atomic E-state index is 0.0121. The molecule has 0 radical (unpaired) electrons. The summed E-state index contributed by atoms with van der Waals surface area (Å²) in [4.78, 5) is 117. The van der Waals surface area contributed by atoms with Crippen LogP contribution in [0, 0.1) is 35.5 Å². The molecule has 5 aliphatic heterocycles. The number of nitrogens with two attached hydrogens (primary N) is 2. The molecule has 490 valence electrons. The molecular weight excluding hydrogens is 1170 g/mol. The quantitative estimate of drug-likeness (QED) is 0.0642. The molecule has 10 N–H and O–H groups in total. The van der Waals surface area contributed by atoms with Crippen molar-refractivity contribution in [1.29, 1.82) is 0 Å². The van der Waals surface area contributed by atoms with Crippen LogP contribution in [0.25, 0.3) is 0 Å². The fourth-order valence-corrected chi connectivity index (χ4v) is 12.1. The van der Waals surface area contributed by atoms with Gasteiger partial charge < -0.3 is 104 Å². The lowest BCUT2D eigenvalue weighted by Gasteiger charge is -2.52. The SMILES string of the molecule is CC(=O)NC1[C@H](O[C@@H]2C(CO[C@@H]3OC(COC(C)=O)[C@@H](C)[C@H](C)C3OC(C)=O)O[C@@H](OC3C(O)OC(C(N)=O)[C@@](C)(O)[C@@H]3OC(N)=O)C(NC(C)=O)[C@H]2C)OC(C)[C@@H](O[C@@H]2OC(C(=O)NC3=C(O)CCC3=O)[C@H](C)[C@H](C)C2OC(=O)c2ccccc2)[C@@H]1C. The number of hydrogen-bond acceptors (Lipinski definition) is 25. The second-order valence-electron chi connectivity index (χ2n) is 23.7. The number of nitrogens with one attached hydrogen (secondary N) is 3. The number of carbonyl (C=O) groups is 9. The Morgan fingerprint density at radius 1 is 0.625 bits per heavy atom. The highest BCUT2D eigenvalue weighted by Crippen LogP contribution is 2.42. The Labute approximate surface area is 507 Å². The number of Topliss-reactive ketones (excluding diaryl/α,β-unsaturated/α-hetero) is 1. The zero-order valence-electron chi connectivity index (χ0n) is 51.0. The molecule has 25 atom stereocenters. The summed E-state index contributed by atoms with van der Waals surface area (Å²) in [5.74, 6) is -10.0. The number of primary amides is 2. The van der Waals surface area contributed by atoms with Gasteiger partial charge in [-0.2, -0.15) is 0 Å². The van der Waals surface area contributed by atoms with Gasteiger partial charge in [0.15, 0.2) is 67.8 Å². The molecule has 11 unspecified atom stereocenters. The van der Waals surface area contributed by atoms with Crippen molar-refractivity contribution in [2.45, 2.75) is 212 Å². The number of rotatable bonds is 20. The normalized spacial score (nSPS) is 39.3. The first-order valence-electron chi connectivity index (χ1n) is 29.2. The molecule has 0 spiro atoms. The van der Waals surface area contributed by atoms with Crippen LogP contribution in [-0.4, -0.2) is 198 Å². The van der Waals surface area contributed by atoms with E-state index in [0.717, 1.165) is 6.92 Å². The fraction of sp³-hybridized carbons (Fsp3) is 0.707. The van der Waals surface area contributed by atoms with Gasteiger partial charge in [0.1, 0.15) is 35.9 Å². The Kier molecular flexibility index (Phi) is 22.8. The van der Waals surface area contributed by atoms with Gasteiger partial charge in [-0.15, -0.1) is 0 Å². The second kappa shape index (κ2) is 29.0. The van der Waals surface area contributed by atoms with Crippen molar-refractivity contribution in [2.75, 3.05) is 13.2 Å². The first kappa shape index (κ1) is 69.0. The van der Waals surface area contributed by atoms with Crippen molar-refractivity contribution in [3.05, 3.63) is 47.4 Å². The van der Waals surface area contributed by atoms with E-state index in [1.807, 2.05) is 6.92 Å². The molecule has 1 aromatic rings. The molecule has 30 nitrogen and oxygen atoms in total. The Morgan fingerprint density at radius 2 is 1.19 bits per heavy atom. The molecule has 5 fully saturated rings. The maximum absolute atomic E-state index is 14.0. The van der Waals surface area contributed by atoms with Crippen LogP contribution >= 0.6 is 0 Å². The van der Waals surface area contributed by atoms with Crippen LogP contribution in [0.3, 0.4) is 0 Å². The average Bonchev–Trinajstić information content (AvgIpc) is 1.22. The molecule has 7 rings (SSSR count). The Balaban J connectivity index is 1.24. The third kappa shape index (κ3) is 15.7. The van der Waals surface area contributed by atoms with E-state index in [4.69, 9.17) is 73.0 Å². The van der Waals surface area contributed by atoms with Crippen molar-refractivity contribution < 1.29 is 120 Å². The van der Waals surface area contributed by atoms with Crippen molar-refractivity contribution in [3.63, 3.8) is 0 Å². The number of esters is 3. The van der Waals surface area contributed by atoms with E-state index in [-0.39, 0.29) is 42.4 Å². The van der Waals surface area contributed by atoms with Crippen molar-refractivity contribution in [3.8, 4) is 0 Å². The minimum atomic E-state index is -2.52. The van der Waals surface area contributed by atoms with Crippen LogP contribution in [0.15, 0.2) is 41.8 Å². The topological polar surface area (TPSA) is 422 Å². The van der Waals surface area contributed by atoms with Crippen LogP contribution in [-0.2, 0) is 95.1 Å². The third-order valence-electron chi connectivity index (χ3n) is 17.3. The van der Waals surface area contributed by atoms with Crippen LogP contribution in [0.1, 0.15) is 106 Å². The van der Waals surface area contributed by atoms with Crippen LogP contribution in [0.4, 0.5) is 4.79 Å². The molecule has 0 aromatic heterocycles. The number of benzene rings is 1. The summed E-state index contributed by atoms with van der Waals surface area (Å²) in [5.41, 5.74) is 8.37. The molecule has 5 saturated heterocycles. The molecule has 0 bridgehead atoms. The first-order chi connectivity index (χ1) is 41.3. The van der Waals surface area contributed by atoms with Crippen molar-refractivity contribution in [2.24, 2.45) is 47.0 Å². The van der Waals surface area contributed by atoms with Crippen LogP contribution < -0.4 is 27.4 Å². The number of hydrogen-bond donors (Lipinski definition) is 8. The Hall–Kier alpha value is -6.45. The highest BCUT2D eigenvalue weighted by molar-refractivity contribution is 6.02. The number of aliphatic hydroxyl groups is 3. The maximum Gasteiger partial charge on any atom is 0.404 e. The van der Waals surface area contributed by atoms with Gasteiger partial charge in [-0.3, -0.25) is 33.6 Å². The summed E-state index contributed by atoms with van der Waals surface area (Å²) in [6.07, 6.45) is -24.8. The summed E-state index contributed by atoms with van der Waals surface area (Å²) in [6.45, 7) is 17.1. The predicted molar refractivity (Wildman–Crippen MR) is 296 cm³/mol. The Bertz CT molecular complexity index is 2750. The number of ketones is 1. The van der Waals surface area contributed by atoms with E-state index in [9.17, 15) is 58.5 Å². The number of aliphatic hydroxyl groups excluding tert-OH is 2. The van der Waals surface area contributed by atoms with E-state index >= 15 is 0 Å². The number of ether oxygens (including phenoxy) is 13. The van der Waals surface area contributed by atoms with E-state index in [1.165, 1.54) is 27.7 Å². The van der Waals surface area contributed by atoms with Gasteiger partial charge in [0.25, 0.3) is 5.91 Å². The number of allylic oxidation sites excluding steroid dienone is 2. The number of carbonyl (C=O) groups excluding carboxylic acids is 9. The van der Waals surface area contributed by atoms with Crippen LogP contribution in [0.5, 0.6) is 0 Å². The molecule has 88 heavy (non-hydrogen) atoms. The Morgan fingerprint density at radius 3 is 1.76 bits per heavy atom. The molecular formula is C58H83N5O25. The monoisotopic (exact) mass is 1250 g/mol. The third-order valence-corrected chi connectivity index (χ3v) is 17.3. The lowest BCUT2D eigenvalue weighted by molar-refractivity contribution is -0.369. The molecule has 30 heteroatoms. The van der Waals surface area contributed by atoms with Gasteiger partial charge >= 0.3 is 24.0 Å². The summed E-state index contributed by atoms with van der Waals surface area (Å²) in [5, 5.41) is 41.7. The molecule has 1 aliphatic carbocycles. The molecule has 0 saturated carbocycles. The van der Waals surface area contributed by atoms with E-state index in [2.05, 4.69) is 16.0 Å². The average molecular weight is 1250 g/mol. The lowest BCUT2D eigenvalue weighted by atomic mass is 9.82. The highest BCUT2D eigenvalue weighted by atomic mass is 16.8. The first-order valence-corrected chi connectivity index (χ1v) is 29.2. The van der Waals surface area contributed by atoms with E-state index in [0.29, 0.717) is 0 Å². The summed E-state index contributed by atoms with van der Waals surface area (Å²) < 4.78 is 80.7. The van der Waals surface area contributed by atoms with Gasteiger partial charge in [0.05, 0.1) is 48.7 Å². The summed E-state index contributed by atoms with van der Waals surface area (Å²) in [6, 6.07) is 5.66. The molecule has 6 aliphatic rings. The minimum Gasteiger partial charge on any atom is -0.510 e.